The lowest BCUT2D eigenvalue weighted by Gasteiger charge is -2.15. The number of benzene rings is 2. The quantitative estimate of drug-likeness (QED) is 0.765. The molecule has 0 radical (unpaired) electrons. The summed E-state index contributed by atoms with van der Waals surface area (Å²) >= 11 is 0. The number of carbonyl (C=O) groups excluding carboxylic acids is 1. The fourth-order valence-corrected chi connectivity index (χ4v) is 2.30. The zero-order chi connectivity index (χ0) is 15.2. The number of nitrogens with two attached hydrogens (primary N) is 1. The van der Waals surface area contributed by atoms with E-state index in [-0.39, 0.29) is 24.9 Å². The molecule has 22 heavy (non-hydrogen) atoms. The van der Waals surface area contributed by atoms with Crippen molar-refractivity contribution in [2.75, 3.05) is 6.54 Å². The smallest absolute Gasteiger partial charge is 0.237 e. The molecule has 0 heterocycles. The molecule has 1 amide bonds. The van der Waals surface area contributed by atoms with Crippen LogP contribution in [0.5, 0.6) is 0 Å². The van der Waals surface area contributed by atoms with Gasteiger partial charge >= 0.3 is 0 Å². The summed E-state index contributed by atoms with van der Waals surface area (Å²) in [7, 11) is 0. The van der Waals surface area contributed by atoms with Gasteiger partial charge in [0.1, 0.15) is 0 Å². The van der Waals surface area contributed by atoms with Gasteiger partial charge in [0, 0.05) is 6.54 Å². The third kappa shape index (κ3) is 4.70. The highest BCUT2D eigenvalue weighted by atomic mass is 35.5. The highest BCUT2D eigenvalue weighted by Crippen LogP contribution is 2.20. The van der Waals surface area contributed by atoms with E-state index in [0.29, 0.717) is 6.42 Å². The van der Waals surface area contributed by atoms with Crippen LogP contribution in [-0.2, 0) is 4.79 Å². The van der Waals surface area contributed by atoms with Gasteiger partial charge < -0.3 is 16.2 Å². The average Bonchev–Trinajstić information content (AvgIpc) is 2.52. The molecule has 0 fully saturated rings. The summed E-state index contributed by atoms with van der Waals surface area (Å²) in [6, 6.07) is 13.3. The lowest BCUT2D eigenvalue weighted by atomic mass is 10.0. The summed E-state index contributed by atoms with van der Waals surface area (Å²) in [6.45, 7) is 2.16. The minimum absolute atomic E-state index is 0. The molecular weight excluding hydrogens is 300 g/mol. The molecule has 5 heteroatoms. The zero-order valence-corrected chi connectivity index (χ0v) is 13.5. The van der Waals surface area contributed by atoms with E-state index in [1.165, 1.54) is 0 Å². The Morgan fingerprint density at radius 3 is 2.59 bits per heavy atom. The number of rotatable bonds is 6. The second-order valence-corrected chi connectivity index (χ2v) is 5.26. The van der Waals surface area contributed by atoms with Gasteiger partial charge in [0.15, 0.2) is 0 Å². The van der Waals surface area contributed by atoms with E-state index in [4.69, 9.17) is 5.73 Å². The highest BCUT2D eigenvalue weighted by Gasteiger charge is 2.14. The van der Waals surface area contributed by atoms with Gasteiger partial charge in [0.2, 0.25) is 5.91 Å². The van der Waals surface area contributed by atoms with E-state index in [9.17, 15) is 9.90 Å². The van der Waals surface area contributed by atoms with Crippen molar-refractivity contribution in [1.29, 1.82) is 0 Å². The molecule has 0 aliphatic rings. The van der Waals surface area contributed by atoms with Gasteiger partial charge in [-0.25, -0.2) is 0 Å². The zero-order valence-electron chi connectivity index (χ0n) is 12.7. The van der Waals surface area contributed by atoms with E-state index < -0.39 is 12.1 Å². The Morgan fingerprint density at radius 1 is 1.23 bits per heavy atom. The first-order valence-corrected chi connectivity index (χ1v) is 7.32. The van der Waals surface area contributed by atoms with Crippen molar-refractivity contribution in [3.8, 4) is 0 Å². The maximum Gasteiger partial charge on any atom is 0.237 e. The van der Waals surface area contributed by atoms with Crippen LogP contribution in [0, 0.1) is 0 Å². The number of hydrogen-bond donors (Lipinski definition) is 3. The lowest BCUT2D eigenvalue weighted by Crippen LogP contribution is -2.41. The Hall–Kier alpha value is -1.62. The molecule has 0 aliphatic heterocycles. The van der Waals surface area contributed by atoms with Crippen LogP contribution in [0.15, 0.2) is 42.5 Å². The van der Waals surface area contributed by atoms with Gasteiger partial charge in [-0.2, -0.15) is 0 Å². The second kappa shape index (κ2) is 8.73. The molecule has 0 saturated heterocycles. The number of aliphatic hydroxyl groups is 1. The molecule has 4 N–H and O–H groups in total. The van der Waals surface area contributed by atoms with Gasteiger partial charge in [0.05, 0.1) is 12.1 Å². The Bertz CT molecular complexity index is 618. The molecule has 2 rings (SSSR count). The molecule has 0 saturated carbocycles. The van der Waals surface area contributed by atoms with Crippen molar-refractivity contribution in [3.05, 3.63) is 48.0 Å². The van der Waals surface area contributed by atoms with Crippen LogP contribution in [0.25, 0.3) is 10.8 Å². The summed E-state index contributed by atoms with van der Waals surface area (Å²) in [6.07, 6.45) is 0.784. The van der Waals surface area contributed by atoms with E-state index in [2.05, 4.69) is 5.32 Å². The summed E-state index contributed by atoms with van der Waals surface area (Å²) < 4.78 is 0. The molecule has 2 aromatic carbocycles. The van der Waals surface area contributed by atoms with Crippen LogP contribution in [0.1, 0.15) is 31.4 Å². The highest BCUT2D eigenvalue weighted by molar-refractivity contribution is 5.85. The van der Waals surface area contributed by atoms with Gasteiger partial charge in [-0.15, -0.1) is 12.4 Å². The molecule has 120 valence electrons. The van der Waals surface area contributed by atoms with Crippen molar-refractivity contribution < 1.29 is 9.90 Å². The minimum atomic E-state index is -0.729. The summed E-state index contributed by atoms with van der Waals surface area (Å²) in [5, 5.41) is 15.1. The Balaban J connectivity index is 0.00000242. The van der Waals surface area contributed by atoms with Crippen molar-refractivity contribution in [2.45, 2.75) is 31.9 Å². The number of hydrogen-bond acceptors (Lipinski definition) is 3. The molecule has 0 spiro atoms. The largest absolute Gasteiger partial charge is 0.387 e. The van der Waals surface area contributed by atoms with Crippen LogP contribution in [-0.4, -0.2) is 23.6 Å². The predicted molar refractivity (Wildman–Crippen MR) is 92.0 cm³/mol. The maximum absolute atomic E-state index is 11.7. The number of amides is 1. The molecule has 0 aliphatic carbocycles. The van der Waals surface area contributed by atoms with Gasteiger partial charge in [-0.1, -0.05) is 49.7 Å². The van der Waals surface area contributed by atoms with Gasteiger partial charge in [-0.3, -0.25) is 4.79 Å². The molecule has 2 atom stereocenters. The van der Waals surface area contributed by atoms with Gasteiger partial charge in [0.25, 0.3) is 0 Å². The van der Waals surface area contributed by atoms with Crippen molar-refractivity contribution >= 4 is 29.1 Å². The Kier molecular flexibility index (Phi) is 7.32. The topological polar surface area (TPSA) is 75.4 Å². The molecule has 2 aromatic rings. The lowest BCUT2D eigenvalue weighted by molar-refractivity contribution is -0.123. The van der Waals surface area contributed by atoms with Crippen LogP contribution in [0.4, 0.5) is 0 Å². The normalized spacial score (nSPS) is 13.2. The van der Waals surface area contributed by atoms with Crippen LogP contribution < -0.4 is 11.1 Å². The Morgan fingerprint density at radius 2 is 1.91 bits per heavy atom. The van der Waals surface area contributed by atoms with E-state index in [1.54, 1.807) is 0 Å². The maximum atomic E-state index is 11.7. The molecular formula is C17H23ClN2O2. The number of halogens is 1. The fourth-order valence-electron chi connectivity index (χ4n) is 2.30. The van der Waals surface area contributed by atoms with E-state index in [1.807, 2.05) is 49.4 Å². The number of fused-ring (bicyclic) bond motifs is 1. The van der Waals surface area contributed by atoms with Crippen LogP contribution in [0.3, 0.4) is 0 Å². The first kappa shape index (κ1) is 18.4. The predicted octanol–water partition coefficient (Wildman–Crippen LogP) is 2.54. The van der Waals surface area contributed by atoms with Crippen LogP contribution in [0.2, 0.25) is 0 Å². The summed E-state index contributed by atoms with van der Waals surface area (Å²) in [5.41, 5.74) is 6.52. The average molecular weight is 323 g/mol. The van der Waals surface area contributed by atoms with Crippen LogP contribution >= 0.6 is 12.4 Å². The first-order chi connectivity index (χ1) is 10.1. The molecule has 0 bridgehead atoms. The molecule has 2 unspecified atom stereocenters. The monoisotopic (exact) mass is 322 g/mol. The number of nitrogens with one attached hydrogen (secondary N) is 1. The molecule has 0 aromatic heterocycles. The van der Waals surface area contributed by atoms with Crippen molar-refractivity contribution in [3.63, 3.8) is 0 Å². The Labute approximate surface area is 137 Å². The minimum Gasteiger partial charge on any atom is -0.387 e. The van der Waals surface area contributed by atoms with E-state index >= 15 is 0 Å². The summed E-state index contributed by atoms with van der Waals surface area (Å²) in [4.78, 5) is 11.7. The van der Waals surface area contributed by atoms with E-state index in [0.717, 1.165) is 22.8 Å². The summed E-state index contributed by atoms with van der Waals surface area (Å²) in [5.74, 6) is -0.211. The van der Waals surface area contributed by atoms with Gasteiger partial charge in [-0.05, 0) is 28.8 Å². The van der Waals surface area contributed by atoms with Crippen molar-refractivity contribution in [1.82, 2.24) is 5.32 Å². The number of aliphatic hydroxyl groups excluding tert-OH is 1. The molecule has 4 nitrogen and oxygen atoms in total. The third-order valence-electron chi connectivity index (χ3n) is 3.56. The number of carbonyl (C=O) groups is 1. The van der Waals surface area contributed by atoms with Crippen molar-refractivity contribution in [2.24, 2.45) is 5.73 Å². The first-order valence-electron chi connectivity index (χ1n) is 7.32. The SMILES string of the molecule is CCCC(N)C(=O)NCC(O)c1ccc2ccccc2c1.Cl. The fraction of sp³-hybridized carbons (Fsp3) is 0.353. The standard InChI is InChI=1S/C17H22N2O2.ClH/c1-2-5-15(18)17(21)19-11-16(20)14-9-8-12-6-3-4-7-13(12)10-14;/h3-4,6-10,15-16,20H,2,5,11,18H2,1H3,(H,19,21);1H. The third-order valence-corrected chi connectivity index (χ3v) is 3.56. The second-order valence-electron chi connectivity index (χ2n) is 5.26.